The third-order valence-corrected chi connectivity index (χ3v) is 6.80. The van der Waals surface area contributed by atoms with E-state index in [1.54, 1.807) is 30.3 Å². The van der Waals surface area contributed by atoms with Crippen LogP contribution in [0.3, 0.4) is 0 Å². The lowest BCUT2D eigenvalue weighted by Gasteiger charge is -2.31. The summed E-state index contributed by atoms with van der Waals surface area (Å²) in [4.78, 5) is 22.9. The first-order valence-electron chi connectivity index (χ1n) is 9.02. The number of amides is 1. The Kier molecular flexibility index (Phi) is 6.51. The highest BCUT2D eigenvalue weighted by molar-refractivity contribution is 7.88. The van der Waals surface area contributed by atoms with E-state index in [0.717, 1.165) is 0 Å². The minimum Gasteiger partial charge on any atom is -0.326 e. The lowest BCUT2D eigenvalue weighted by Crippen LogP contribution is -2.44. The number of benzene rings is 2. The maximum absolute atomic E-state index is 12.8. The molecule has 0 radical (unpaired) electrons. The van der Waals surface area contributed by atoms with E-state index in [1.165, 1.54) is 22.5 Å². The molecule has 1 atom stereocenters. The Morgan fingerprint density at radius 3 is 2.66 bits per heavy atom. The third kappa shape index (κ3) is 5.53. The zero-order chi connectivity index (χ0) is 21.0. The number of non-ortho nitro benzene ring substituents is 1. The van der Waals surface area contributed by atoms with Gasteiger partial charge in [0.2, 0.25) is 15.9 Å². The maximum Gasteiger partial charge on any atom is 0.271 e. The molecule has 154 valence electrons. The van der Waals surface area contributed by atoms with Crippen LogP contribution in [-0.4, -0.2) is 36.6 Å². The van der Waals surface area contributed by atoms with Crippen LogP contribution in [0.5, 0.6) is 0 Å². The molecular formula is C19H20ClN3O5S. The number of hydrogen-bond acceptors (Lipinski definition) is 5. The van der Waals surface area contributed by atoms with E-state index >= 15 is 0 Å². The van der Waals surface area contributed by atoms with E-state index in [1.807, 2.05) is 0 Å². The Morgan fingerprint density at radius 2 is 1.97 bits per heavy atom. The Bertz CT molecular complexity index is 1010. The van der Waals surface area contributed by atoms with E-state index in [0.29, 0.717) is 35.7 Å². The zero-order valence-electron chi connectivity index (χ0n) is 15.5. The predicted molar refractivity (Wildman–Crippen MR) is 110 cm³/mol. The number of sulfonamides is 1. The molecule has 0 saturated carbocycles. The van der Waals surface area contributed by atoms with E-state index < -0.39 is 20.9 Å². The van der Waals surface area contributed by atoms with Crippen LogP contribution >= 0.6 is 11.6 Å². The van der Waals surface area contributed by atoms with Crippen molar-refractivity contribution in [2.75, 3.05) is 18.4 Å². The van der Waals surface area contributed by atoms with Crippen molar-refractivity contribution >= 4 is 38.9 Å². The molecular weight excluding hydrogens is 418 g/mol. The number of nitrogens with zero attached hydrogens (tertiary/aromatic N) is 2. The molecule has 0 spiro atoms. The number of carbonyl (C=O) groups excluding carboxylic acids is 1. The van der Waals surface area contributed by atoms with Crippen LogP contribution in [0.1, 0.15) is 18.4 Å². The highest BCUT2D eigenvalue weighted by atomic mass is 35.5. The second-order valence-electron chi connectivity index (χ2n) is 6.88. The summed E-state index contributed by atoms with van der Waals surface area (Å²) in [6.07, 6.45) is 1.11. The smallest absolute Gasteiger partial charge is 0.271 e. The van der Waals surface area contributed by atoms with Gasteiger partial charge >= 0.3 is 0 Å². The van der Waals surface area contributed by atoms with Crippen LogP contribution in [0.15, 0.2) is 48.5 Å². The first kappa shape index (κ1) is 21.2. The van der Waals surface area contributed by atoms with Gasteiger partial charge in [-0.25, -0.2) is 12.7 Å². The van der Waals surface area contributed by atoms with Gasteiger partial charge in [-0.15, -0.1) is 0 Å². The average Bonchev–Trinajstić information content (AvgIpc) is 2.70. The van der Waals surface area contributed by atoms with Crippen LogP contribution in [-0.2, 0) is 20.6 Å². The fourth-order valence-electron chi connectivity index (χ4n) is 3.23. The minimum atomic E-state index is -3.59. The Morgan fingerprint density at radius 1 is 1.24 bits per heavy atom. The summed E-state index contributed by atoms with van der Waals surface area (Å²) >= 11 is 5.84. The quantitative estimate of drug-likeness (QED) is 0.550. The van der Waals surface area contributed by atoms with Crippen molar-refractivity contribution in [1.29, 1.82) is 0 Å². The fraction of sp³-hybridized carbons (Fsp3) is 0.316. The lowest BCUT2D eigenvalue weighted by atomic mass is 9.98. The van der Waals surface area contributed by atoms with Gasteiger partial charge in [-0.1, -0.05) is 29.8 Å². The summed E-state index contributed by atoms with van der Waals surface area (Å²) in [5.41, 5.74) is 0.807. The number of nitrogens with one attached hydrogen (secondary N) is 1. The number of halogens is 1. The highest BCUT2D eigenvalue weighted by Crippen LogP contribution is 2.24. The highest BCUT2D eigenvalue weighted by Gasteiger charge is 2.32. The standard InChI is InChI=1S/C19H20ClN3O5S/c20-16-8-6-14(7-9-16)13-29(27,28)22-10-2-3-15(12-22)19(24)21-17-4-1-5-18(11-17)23(25)26/h1,4-9,11,15H,2-3,10,12-13H2,(H,21,24)/t15-/m1/s1. The number of rotatable bonds is 6. The molecule has 0 aromatic heterocycles. The van der Waals surface area contributed by atoms with Crippen LogP contribution in [0, 0.1) is 16.0 Å². The molecule has 2 aromatic carbocycles. The number of nitro benzene ring substituents is 1. The molecule has 1 amide bonds. The third-order valence-electron chi connectivity index (χ3n) is 4.74. The SMILES string of the molecule is O=C(Nc1cccc([N+](=O)[O-])c1)[C@@H]1CCCN(S(=O)(=O)Cc2ccc(Cl)cc2)C1. The molecule has 10 heteroatoms. The van der Waals surface area contributed by atoms with Gasteiger partial charge in [0.1, 0.15) is 0 Å². The minimum absolute atomic E-state index is 0.0800. The Hall–Kier alpha value is -2.49. The summed E-state index contributed by atoms with van der Waals surface area (Å²) in [6, 6.07) is 12.2. The molecule has 3 rings (SSSR count). The summed E-state index contributed by atoms with van der Waals surface area (Å²) in [5, 5.41) is 14.1. The molecule has 0 bridgehead atoms. The van der Waals surface area contributed by atoms with Crippen LogP contribution in [0.2, 0.25) is 5.02 Å². The molecule has 0 aliphatic carbocycles. The lowest BCUT2D eigenvalue weighted by molar-refractivity contribution is -0.384. The van der Waals surface area contributed by atoms with Crippen molar-refractivity contribution in [3.05, 3.63) is 69.2 Å². The first-order valence-corrected chi connectivity index (χ1v) is 11.0. The van der Waals surface area contributed by atoms with Crippen molar-refractivity contribution in [1.82, 2.24) is 4.31 Å². The van der Waals surface area contributed by atoms with Gasteiger partial charge in [-0.2, -0.15) is 0 Å². The number of carbonyl (C=O) groups is 1. The van der Waals surface area contributed by atoms with Crippen molar-refractivity contribution in [3.63, 3.8) is 0 Å². The summed E-state index contributed by atoms with van der Waals surface area (Å²) < 4.78 is 26.9. The molecule has 2 aromatic rings. The van der Waals surface area contributed by atoms with E-state index in [4.69, 9.17) is 11.6 Å². The van der Waals surface area contributed by atoms with Gasteiger partial charge in [0.05, 0.1) is 16.6 Å². The zero-order valence-corrected chi connectivity index (χ0v) is 17.0. The maximum atomic E-state index is 12.8. The number of anilines is 1. The molecule has 1 heterocycles. The average molecular weight is 438 g/mol. The van der Waals surface area contributed by atoms with Gasteiger partial charge in [0.15, 0.2) is 0 Å². The second kappa shape index (κ2) is 8.89. The summed E-state index contributed by atoms with van der Waals surface area (Å²) in [5.74, 6) is -1.04. The number of nitro groups is 1. The van der Waals surface area contributed by atoms with E-state index in [-0.39, 0.29) is 23.9 Å². The van der Waals surface area contributed by atoms with Gasteiger partial charge in [0.25, 0.3) is 5.69 Å². The largest absolute Gasteiger partial charge is 0.326 e. The van der Waals surface area contributed by atoms with E-state index in [9.17, 15) is 23.3 Å². The van der Waals surface area contributed by atoms with Crippen molar-refractivity contribution < 1.29 is 18.1 Å². The molecule has 1 aliphatic rings. The van der Waals surface area contributed by atoms with Crippen LogP contribution in [0.4, 0.5) is 11.4 Å². The van der Waals surface area contributed by atoms with Crippen molar-refractivity contribution in [2.24, 2.45) is 5.92 Å². The molecule has 0 unspecified atom stereocenters. The van der Waals surface area contributed by atoms with Gasteiger partial charge in [-0.3, -0.25) is 14.9 Å². The van der Waals surface area contributed by atoms with Gasteiger partial charge in [0, 0.05) is 35.9 Å². The fourth-order valence-corrected chi connectivity index (χ4v) is 4.97. The molecule has 1 aliphatic heterocycles. The van der Waals surface area contributed by atoms with Gasteiger partial charge in [-0.05, 0) is 36.6 Å². The monoisotopic (exact) mass is 437 g/mol. The molecule has 29 heavy (non-hydrogen) atoms. The summed E-state index contributed by atoms with van der Waals surface area (Å²) in [6.45, 7) is 0.438. The van der Waals surface area contributed by atoms with Crippen LogP contribution in [0.25, 0.3) is 0 Å². The predicted octanol–water partition coefficient (Wildman–Crippen LogP) is 3.43. The topological polar surface area (TPSA) is 110 Å². The van der Waals surface area contributed by atoms with Gasteiger partial charge < -0.3 is 5.32 Å². The second-order valence-corrected chi connectivity index (χ2v) is 9.28. The number of piperidine rings is 1. The molecule has 1 N–H and O–H groups in total. The normalized spacial score (nSPS) is 17.6. The summed E-state index contributed by atoms with van der Waals surface area (Å²) in [7, 11) is -3.59. The Balaban J connectivity index is 1.66. The first-order chi connectivity index (χ1) is 13.7. The molecule has 8 nitrogen and oxygen atoms in total. The van der Waals surface area contributed by atoms with Crippen molar-refractivity contribution in [3.8, 4) is 0 Å². The molecule has 1 saturated heterocycles. The van der Waals surface area contributed by atoms with Crippen LogP contribution < -0.4 is 5.32 Å². The van der Waals surface area contributed by atoms with E-state index in [2.05, 4.69) is 5.32 Å². The Labute approximate surface area is 173 Å². The molecule has 1 fully saturated rings. The number of hydrogen-bond donors (Lipinski definition) is 1. The van der Waals surface area contributed by atoms with Crippen molar-refractivity contribution in [2.45, 2.75) is 18.6 Å².